The van der Waals surface area contributed by atoms with Crippen LogP contribution in [0.4, 0.5) is 0 Å². The number of carbonyl (C=O) groups is 1. The van der Waals surface area contributed by atoms with Gasteiger partial charge >= 0.3 is 0 Å². The third kappa shape index (κ3) is 4.97. The van der Waals surface area contributed by atoms with Crippen LogP contribution in [-0.4, -0.2) is 25.5 Å². The summed E-state index contributed by atoms with van der Waals surface area (Å²) in [5.74, 6) is 1.21. The lowest BCUT2D eigenvalue weighted by Crippen LogP contribution is -2.49. The summed E-state index contributed by atoms with van der Waals surface area (Å²) in [6, 6.07) is 17.6. The second-order valence-electron chi connectivity index (χ2n) is 6.14. The van der Waals surface area contributed by atoms with E-state index >= 15 is 0 Å². The van der Waals surface area contributed by atoms with E-state index in [0.717, 1.165) is 36.4 Å². The number of halogens is 1. The van der Waals surface area contributed by atoms with E-state index in [-0.39, 0.29) is 18.3 Å². The number of hydrogen-bond donors (Lipinski definition) is 2. The van der Waals surface area contributed by atoms with Gasteiger partial charge in [-0.05, 0) is 18.1 Å². The maximum absolute atomic E-state index is 12.7. The monoisotopic (exact) mass is 360 g/mol. The van der Waals surface area contributed by atoms with E-state index in [2.05, 4.69) is 17.6 Å². The smallest absolute Gasteiger partial charge is 0.265 e. The Balaban J connectivity index is 0.00000225. The number of benzene rings is 2. The molecule has 2 aromatic rings. The highest BCUT2D eigenvalue weighted by Crippen LogP contribution is 2.26. The minimum Gasteiger partial charge on any atom is -0.476 e. The van der Waals surface area contributed by atoms with Gasteiger partial charge in [-0.3, -0.25) is 4.79 Å². The second kappa shape index (κ2) is 9.44. The van der Waals surface area contributed by atoms with Gasteiger partial charge in [0.2, 0.25) is 6.10 Å². The molecule has 1 atom stereocenters. The van der Waals surface area contributed by atoms with Crippen molar-refractivity contribution in [2.24, 2.45) is 5.92 Å². The quantitative estimate of drug-likeness (QED) is 0.797. The molecule has 1 unspecified atom stereocenters. The standard InChI is InChI=1S/C20H24N2O2.ClH/c1-2-16-8-6-7-11-18(16)24-19(17-9-4-3-5-10-17)20(23)22-14-15-12-21-13-15;/h3-11,15,19,21H,2,12-14H2,1H3,(H,22,23);1H. The molecule has 1 amide bonds. The lowest BCUT2D eigenvalue weighted by atomic mass is 10.0. The zero-order valence-electron chi connectivity index (χ0n) is 14.4. The number of hydrogen-bond acceptors (Lipinski definition) is 3. The van der Waals surface area contributed by atoms with Crippen LogP contribution in [-0.2, 0) is 11.2 Å². The first-order valence-electron chi connectivity index (χ1n) is 8.56. The zero-order valence-corrected chi connectivity index (χ0v) is 15.2. The van der Waals surface area contributed by atoms with Crippen LogP contribution in [0.1, 0.15) is 24.2 Å². The first-order valence-corrected chi connectivity index (χ1v) is 8.56. The molecule has 0 bridgehead atoms. The summed E-state index contributed by atoms with van der Waals surface area (Å²) in [4.78, 5) is 12.7. The van der Waals surface area contributed by atoms with E-state index in [9.17, 15) is 4.79 Å². The Labute approximate surface area is 155 Å². The molecule has 0 aliphatic carbocycles. The van der Waals surface area contributed by atoms with Crippen molar-refractivity contribution in [3.63, 3.8) is 0 Å². The molecule has 0 saturated carbocycles. The first-order chi connectivity index (χ1) is 11.8. The maximum Gasteiger partial charge on any atom is 0.265 e. The molecular weight excluding hydrogens is 336 g/mol. The van der Waals surface area contributed by atoms with Crippen molar-refractivity contribution >= 4 is 18.3 Å². The van der Waals surface area contributed by atoms with Gasteiger partial charge in [-0.2, -0.15) is 0 Å². The Morgan fingerprint density at radius 3 is 2.48 bits per heavy atom. The van der Waals surface area contributed by atoms with Crippen molar-refractivity contribution in [3.8, 4) is 5.75 Å². The van der Waals surface area contributed by atoms with Crippen molar-refractivity contribution in [3.05, 3.63) is 65.7 Å². The van der Waals surface area contributed by atoms with Crippen molar-refractivity contribution in [2.45, 2.75) is 19.4 Å². The fraction of sp³-hybridized carbons (Fsp3) is 0.350. The lowest BCUT2D eigenvalue weighted by Gasteiger charge is -2.28. The average molecular weight is 361 g/mol. The number of aryl methyl sites for hydroxylation is 1. The molecule has 1 heterocycles. The van der Waals surface area contributed by atoms with Crippen molar-refractivity contribution in [1.82, 2.24) is 10.6 Å². The molecule has 1 aliphatic rings. The van der Waals surface area contributed by atoms with Crippen LogP contribution in [0.2, 0.25) is 0 Å². The van der Waals surface area contributed by atoms with E-state index < -0.39 is 6.10 Å². The minimum atomic E-state index is -0.632. The molecule has 0 aromatic heterocycles. The summed E-state index contributed by atoms with van der Waals surface area (Å²) in [6.07, 6.45) is 0.236. The summed E-state index contributed by atoms with van der Waals surface area (Å²) in [6.45, 7) is 4.71. The van der Waals surface area contributed by atoms with Crippen molar-refractivity contribution in [1.29, 1.82) is 0 Å². The molecule has 2 N–H and O–H groups in total. The minimum absolute atomic E-state index is 0. The second-order valence-corrected chi connectivity index (χ2v) is 6.14. The highest BCUT2D eigenvalue weighted by atomic mass is 35.5. The molecular formula is C20H25ClN2O2. The van der Waals surface area contributed by atoms with Crippen LogP contribution >= 0.6 is 12.4 Å². The lowest BCUT2D eigenvalue weighted by molar-refractivity contribution is -0.128. The molecule has 134 valence electrons. The van der Waals surface area contributed by atoms with Gasteiger partial charge in [0, 0.05) is 31.1 Å². The fourth-order valence-corrected chi connectivity index (χ4v) is 2.77. The third-order valence-electron chi connectivity index (χ3n) is 4.37. The summed E-state index contributed by atoms with van der Waals surface area (Å²) in [5, 5.41) is 6.26. The van der Waals surface area contributed by atoms with E-state index in [4.69, 9.17) is 4.74 Å². The van der Waals surface area contributed by atoms with E-state index in [0.29, 0.717) is 12.5 Å². The largest absolute Gasteiger partial charge is 0.476 e. The van der Waals surface area contributed by atoms with E-state index in [1.165, 1.54) is 0 Å². The normalized spacial score (nSPS) is 14.8. The zero-order chi connectivity index (χ0) is 16.8. The molecule has 3 rings (SSSR count). The molecule has 25 heavy (non-hydrogen) atoms. The van der Waals surface area contributed by atoms with Gasteiger partial charge in [0.15, 0.2) is 0 Å². The van der Waals surface area contributed by atoms with Gasteiger partial charge in [-0.25, -0.2) is 0 Å². The van der Waals surface area contributed by atoms with Crippen LogP contribution in [0.25, 0.3) is 0 Å². The number of para-hydroxylation sites is 1. The van der Waals surface area contributed by atoms with Gasteiger partial charge in [-0.15, -0.1) is 12.4 Å². The number of amides is 1. The van der Waals surface area contributed by atoms with Crippen molar-refractivity contribution < 1.29 is 9.53 Å². The SMILES string of the molecule is CCc1ccccc1OC(C(=O)NCC1CNC1)c1ccccc1.Cl. The van der Waals surface area contributed by atoms with Gasteiger partial charge in [0.1, 0.15) is 5.75 Å². The summed E-state index contributed by atoms with van der Waals surface area (Å²) in [7, 11) is 0. The van der Waals surface area contributed by atoms with Gasteiger partial charge in [0.25, 0.3) is 5.91 Å². The van der Waals surface area contributed by atoms with Crippen LogP contribution in [0.15, 0.2) is 54.6 Å². The van der Waals surface area contributed by atoms with Crippen LogP contribution in [0.5, 0.6) is 5.75 Å². The average Bonchev–Trinajstić information content (AvgIpc) is 2.59. The molecule has 4 nitrogen and oxygen atoms in total. The molecule has 2 aromatic carbocycles. The topological polar surface area (TPSA) is 50.4 Å². The Kier molecular flexibility index (Phi) is 7.29. The van der Waals surface area contributed by atoms with Crippen LogP contribution in [0, 0.1) is 5.92 Å². The predicted octanol–water partition coefficient (Wildman–Crippen LogP) is 3.13. The van der Waals surface area contributed by atoms with E-state index in [1.807, 2.05) is 54.6 Å². The van der Waals surface area contributed by atoms with Crippen LogP contribution in [0.3, 0.4) is 0 Å². The summed E-state index contributed by atoms with van der Waals surface area (Å²) < 4.78 is 6.14. The Morgan fingerprint density at radius 2 is 1.84 bits per heavy atom. The molecule has 0 spiro atoms. The number of rotatable bonds is 7. The first kappa shape index (κ1) is 19.3. The van der Waals surface area contributed by atoms with Crippen molar-refractivity contribution in [2.75, 3.05) is 19.6 Å². The number of ether oxygens (including phenoxy) is 1. The Bertz CT molecular complexity index is 674. The Hall–Kier alpha value is -2.04. The predicted molar refractivity (Wildman–Crippen MR) is 102 cm³/mol. The maximum atomic E-state index is 12.7. The van der Waals surface area contributed by atoms with Gasteiger partial charge < -0.3 is 15.4 Å². The molecule has 5 heteroatoms. The molecule has 1 aliphatic heterocycles. The number of carbonyl (C=O) groups excluding carboxylic acids is 1. The highest BCUT2D eigenvalue weighted by Gasteiger charge is 2.25. The van der Waals surface area contributed by atoms with Gasteiger partial charge in [0.05, 0.1) is 0 Å². The molecule has 0 radical (unpaired) electrons. The summed E-state index contributed by atoms with van der Waals surface area (Å²) in [5.41, 5.74) is 1.97. The molecule has 1 fully saturated rings. The summed E-state index contributed by atoms with van der Waals surface area (Å²) >= 11 is 0. The molecule has 1 saturated heterocycles. The van der Waals surface area contributed by atoms with E-state index in [1.54, 1.807) is 0 Å². The number of nitrogens with one attached hydrogen (secondary N) is 2. The fourth-order valence-electron chi connectivity index (χ4n) is 2.77. The van der Waals surface area contributed by atoms with Gasteiger partial charge in [-0.1, -0.05) is 55.5 Å². The van der Waals surface area contributed by atoms with Crippen LogP contribution < -0.4 is 15.4 Å². The Morgan fingerprint density at radius 1 is 1.16 bits per heavy atom. The third-order valence-corrected chi connectivity index (χ3v) is 4.37. The highest BCUT2D eigenvalue weighted by molar-refractivity contribution is 5.85.